The van der Waals surface area contributed by atoms with Gasteiger partial charge < -0.3 is 15.6 Å². The van der Waals surface area contributed by atoms with E-state index in [0.29, 0.717) is 24.4 Å². The largest absolute Gasteiger partial charge is 0.315 e. The van der Waals surface area contributed by atoms with Gasteiger partial charge in [0.15, 0.2) is 0 Å². The Balaban J connectivity index is 1.71. The lowest BCUT2D eigenvalue weighted by molar-refractivity contribution is -0.615. The van der Waals surface area contributed by atoms with Gasteiger partial charge in [0.2, 0.25) is 11.0 Å². The summed E-state index contributed by atoms with van der Waals surface area (Å²) in [5, 5.41) is 10.1. The van der Waals surface area contributed by atoms with E-state index in [1.165, 1.54) is 37.2 Å². The highest BCUT2D eigenvalue weighted by molar-refractivity contribution is 8.14. The van der Waals surface area contributed by atoms with Crippen LogP contribution < -0.4 is 5.32 Å². The predicted molar refractivity (Wildman–Crippen MR) is 113 cm³/mol. The van der Waals surface area contributed by atoms with Gasteiger partial charge in [-0.3, -0.25) is 9.59 Å². The van der Waals surface area contributed by atoms with Crippen molar-refractivity contribution < 1.29 is 14.9 Å². The van der Waals surface area contributed by atoms with Crippen molar-refractivity contribution in [1.82, 2.24) is 4.90 Å². The van der Waals surface area contributed by atoms with Crippen LogP contribution in [-0.4, -0.2) is 40.5 Å². The first kappa shape index (κ1) is 20.8. The Morgan fingerprint density at radius 3 is 2.79 bits per heavy atom. The van der Waals surface area contributed by atoms with Crippen molar-refractivity contribution in [2.75, 3.05) is 13.1 Å². The highest BCUT2D eigenvalue weighted by atomic mass is 32.2. The Morgan fingerprint density at radius 2 is 2.04 bits per heavy atom. The van der Waals surface area contributed by atoms with Gasteiger partial charge in [0.25, 0.3) is 0 Å². The summed E-state index contributed by atoms with van der Waals surface area (Å²) >= 11 is 1.24. The molecule has 5 nitrogen and oxygen atoms in total. The fraction of sp³-hybridized carbons (Fsp3) is 0.500. The molecule has 2 aliphatic heterocycles. The maximum Gasteiger partial charge on any atom is 0.228 e. The van der Waals surface area contributed by atoms with Gasteiger partial charge in [-0.15, -0.1) is 0 Å². The topological polar surface area (TPSA) is 77.8 Å². The zero-order chi connectivity index (χ0) is 19.9. The summed E-state index contributed by atoms with van der Waals surface area (Å²) in [5.74, 6) is 0.659. The Bertz CT molecular complexity index is 747. The Kier molecular flexibility index (Phi) is 7.45. The second-order valence-electron chi connectivity index (χ2n) is 7.80. The van der Waals surface area contributed by atoms with Gasteiger partial charge in [0, 0.05) is 42.3 Å². The summed E-state index contributed by atoms with van der Waals surface area (Å²) in [6.45, 7) is 3.77. The molecule has 150 valence electrons. The highest BCUT2D eigenvalue weighted by Crippen LogP contribution is 2.29. The predicted octanol–water partition coefficient (Wildman–Crippen LogP) is 3.19. The van der Waals surface area contributed by atoms with E-state index in [1.807, 2.05) is 30.3 Å². The number of nitrogens with two attached hydrogens (primary N) is 1. The third-order valence-corrected chi connectivity index (χ3v) is 6.64. The first-order valence-corrected chi connectivity index (χ1v) is 11.1. The van der Waals surface area contributed by atoms with Crippen molar-refractivity contribution in [2.24, 2.45) is 5.92 Å². The summed E-state index contributed by atoms with van der Waals surface area (Å²) < 4.78 is 0. The van der Waals surface area contributed by atoms with E-state index in [2.05, 4.69) is 12.2 Å². The molecule has 1 aromatic carbocycles. The van der Waals surface area contributed by atoms with Gasteiger partial charge in [-0.1, -0.05) is 61.9 Å². The monoisotopic (exact) mass is 400 g/mol. The van der Waals surface area contributed by atoms with E-state index >= 15 is 0 Å². The van der Waals surface area contributed by atoms with Crippen LogP contribution in [0.4, 0.5) is 0 Å². The van der Waals surface area contributed by atoms with Gasteiger partial charge in [0.05, 0.1) is 6.54 Å². The molecule has 6 heteroatoms. The fourth-order valence-corrected chi connectivity index (χ4v) is 4.93. The summed E-state index contributed by atoms with van der Waals surface area (Å²) in [4.78, 5) is 26.9. The molecule has 3 N–H and O–H groups in total. The van der Waals surface area contributed by atoms with Crippen molar-refractivity contribution >= 4 is 29.0 Å². The van der Waals surface area contributed by atoms with E-state index in [0.717, 1.165) is 30.8 Å². The molecule has 2 heterocycles. The molecule has 2 atom stereocenters. The molecule has 3 rings (SSSR count). The standard InChI is InChI=1S/C22H29N3O2S/c1-16-8-4-2-7-11-19(24-14-16)20(13-23)25-15-18(12-21(25)26)28-22(27)17-9-5-3-6-10-17/h3,5-6,9-10,13,16,18,23-24H,2,4,7-8,11-12,14-15H2,1H3/p+1. The van der Waals surface area contributed by atoms with Crippen LogP contribution in [-0.2, 0) is 4.79 Å². The first-order valence-electron chi connectivity index (χ1n) is 10.2. The van der Waals surface area contributed by atoms with Crippen LogP contribution in [0.2, 0.25) is 0 Å². The molecule has 28 heavy (non-hydrogen) atoms. The summed E-state index contributed by atoms with van der Waals surface area (Å²) in [6.07, 6.45) is 7.40. The molecular formula is C22H30N3O2S+. The van der Waals surface area contributed by atoms with E-state index in [1.54, 1.807) is 4.90 Å². The first-order chi connectivity index (χ1) is 13.6. The zero-order valence-corrected chi connectivity index (χ0v) is 17.3. The van der Waals surface area contributed by atoms with Gasteiger partial charge in [-0.25, -0.2) is 0 Å². The maximum atomic E-state index is 12.7. The van der Waals surface area contributed by atoms with Crippen LogP contribution in [0.5, 0.6) is 0 Å². The second-order valence-corrected chi connectivity index (χ2v) is 9.07. The minimum absolute atomic E-state index is 0.00661. The van der Waals surface area contributed by atoms with Crippen molar-refractivity contribution in [1.29, 1.82) is 5.41 Å². The zero-order valence-electron chi connectivity index (χ0n) is 16.5. The number of benzene rings is 1. The Hall–Kier alpha value is -1.92. The number of rotatable bonds is 4. The molecule has 2 saturated heterocycles. The third kappa shape index (κ3) is 5.32. The average Bonchev–Trinajstić information content (AvgIpc) is 3.10. The molecule has 0 saturated carbocycles. The number of carbonyl (C=O) groups is 2. The van der Waals surface area contributed by atoms with Crippen LogP contribution in [0.1, 0.15) is 55.8 Å². The molecule has 1 amide bonds. The summed E-state index contributed by atoms with van der Waals surface area (Å²) in [7, 11) is 0. The van der Waals surface area contributed by atoms with E-state index in [-0.39, 0.29) is 16.3 Å². The number of thioether (sulfide) groups is 1. The molecule has 0 aliphatic carbocycles. The molecule has 2 fully saturated rings. The Labute approximate surface area is 171 Å². The lowest BCUT2D eigenvalue weighted by atomic mass is 10.0. The number of nitrogens with zero attached hydrogens (tertiary/aromatic N) is 1. The van der Waals surface area contributed by atoms with Crippen molar-refractivity contribution in [3.63, 3.8) is 0 Å². The minimum atomic E-state index is -0.0639. The van der Waals surface area contributed by atoms with Gasteiger partial charge in [0.1, 0.15) is 11.4 Å². The molecule has 1 aromatic rings. The minimum Gasteiger partial charge on any atom is -0.315 e. The van der Waals surface area contributed by atoms with Crippen molar-refractivity contribution in [3.8, 4) is 0 Å². The molecule has 2 aliphatic rings. The van der Waals surface area contributed by atoms with E-state index in [4.69, 9.17) is 5.41 Å². The molecule has 0 radical (unpaired) electrons. The van der Waals surface area contributed by atoms with Crippen LogP contribution in [0.25, 0.3) is 0 Å². The average molecular weight is 401 g/mol. The molecule has 0 bridgehead atoms. The molecular weight excluding hydrogens is 370 g/mol. The third-order valence-electron chi connectivity index (χ3n) is 5.54. The lowest BCUT2D eigenvalue weighted by Gasteiger charge is -2.20. The van der Waals surface area contributed by atoms with Crippen molar-refractivity contribution in [3.05, 3.63) is 47.3 Å². The van der Waals surface area contributed by atoms with Gasteiger partial charge in [-0.05, 0) is 12.8 Å². The van der Waals surface area contributed by atoms with E-state index < -0.39 is 0 Å². The number of allylic oxidation sites excluding steroid dienone is 2. The lowest BCUT2D eigenvalue weighted by Crippen LogP contribution is -2.84. The number of hydrogen-bond donors (Lipinski definition) is 2. The number of hydrogen-bond acceptors (Lipinski definition) is 4. The summed E-state index contributed by atoms with van der Waals surface area (Å²) in [6, 6.07) is 9.21. The Morgan fingerprint density at radius 1 is 1.25 bits per heavy atom. The quantitative estimate of drug-likeness (QED) is 0.762. The van der Waals surface area contributed by atoms with Crippen LogP contribution in [0.3, 0.4) is 0 Å². The molecule has 0 aromatic heterocycles. The van der Waals surface area contributed by atoms with Crippen LogP contribution in [0, 0.1) is 11.3 Å². The normalized spacial score (nSPS) is 25.6. The molecule has 2 unspecified atom stereocenters. The van der Waals surface area contributed by atoms with Crippen LogP contribution >= 0.6 is 11.8 Å². The van der Waals surface area contributed by atoms with Gasteiger partial charge >= 0.3 is 0 Å². The van der Waals surface area contributed by atoms with Crippen LogP contribution in [0.15, 0.2) is 41.7 Å². The van der Waals surface area contributed by atoms with E-state index in [9.17, 15) is 9.59 Å². The second kappa shape index (κ2) is 10.0. The van der Waals surface area contributed by atoms with Gasteiger partial charge in [-0.2, -0.15) is 0 Å². The fourth-order valence-electron chi connectivity index (χ4n) is 3.91. The highest BCUT2D eigenvalue weighted by Gasteiger charge is 2.35. The number of amides is 1. The number of likely N-dealkylation sites (tertiary alicyclic amines) is 1. The summed E-state index contributed by atoms with van der Waals surface area (Å²) in [5.41, 5.74) is 2.52. The van der Waals surface area contributed by atoms with Crippen molar-refractivity contribution in [2.45, 2.75) is 50.7 Å². The smallest absolute Gasteiger partial charge is 0.228 e. The number of nitrogens with one attached hydrogen (secondary N) is 1. The molecule has 0 spiro atoms. The SMILES string of the molecule is CC1CCCCCC(=C(C=N)N2CC(SC(=O)c3ccccc3)CC2=O)[NH2+]C1. The number of quaternary nitrogens is 1. The maximum absolute atomic E-state index is 12.7. The number of carbonyl (C=O) groups excluding carboxylic acids is 2.